The lowest BCUT2D eigenvalue weighted by molar-refractivity contribution is -0.203. The summed E-state index contributed by atoms with van der Waals surface area (Å²) >= 11 is 0. The average molecular weight is 189 g/mol. The lowest BCUT2D eigenvalue weighted by Gasteiger charge is -2.39. The van der Waals surface area contributed by atoms with Gasteiger partial charge in [-0.1, -0.05) is 0 Å². The first kappa shape index (κ1) is 9.37. The first-order chi connectivity index (χ1) is 6.18. The van der Waals surface area contributed by atoms with Crippen LogP contribution in [-0.4, -0.2) is 31.2 Å². The van der Waals surface area contributed by atoms with Crippen LogP contribution in [0.4, 0.5) is 4.39 Å². The van der Waals surface area contributed by atoms with Crippen LogP contribution >= 0.6 is 0 Å². The van der Waals surface area contributed by atoms with Gasteiger partial charge < -0.3 is 15.2 Å². The van der Waals surface area contributed by atoms with E-state index in [2.05, 4.69) is 0 Å². The molecular formula is C9H16FNO2. The highest BCUT2D eigenvalue weighted by Crippen LogP contribution is 2.42. The Morgan fingerprint density at radius 1 is 1.23 bits per heavy atom. The van der Waals surface area contributed by atoms with Gasteiger partial charge in [-0.15, -0.1) is 0 Å². The van der Waals surface area contributed by atoms with Gasteiger partial charge in [0.25, 0.3) is 0 Å². The second-order valence-electron chi connectivity index (χ2n) is 3.99. The molecule has 76 valence electrons. The Bertz CT molecular complexity index is 194. The molecule has 1 aliphatic carbocycles. The quantitative estimate of drug-likeness (QED) is 0.668. The number of nitrogens with two attached hydrogens (primary N) is 1. The minimum atomic E-state index is -1.28. The van der Waals surface area contributed by atoms with Crippen molar-refractivity contribution in [3.05, 3.63) is 0 Å². The minimum Gasteiger partial charge on any atom is -0.347 e. The minimum absolute atomic E-state index is 0.0709. The Morgan fingerprint density at radius 2 is 1.92 bits per heavy atom. The number of hydrogen-bond donors (Lipinski definition) is 1. The molecule has 0 aromatic rings. The standard InChI is InChI=1S/C9H16FNO2/c10-8(7-11)2-1-3-9(6-8)12-4-5-13-9/h1-7,11H2. The Hall–Kier alpha value is -0.190. The third kappa shape index (κ3) is 1.71. The summed E-state index contributed by atoms with van der Waals surface area (Å²) in [6, 6.07) is 0. The van der Waals surface area contributed by atoms with Crippen molar-refractivity contribution < 1.29 is 13.9 Å². The second kappa shape index (κ2) is 3.19. The van der Waals surface area contributed by atoms with E-state index >= 15 is 0 Å². The molecule has 0 amide bonds. The fourth-order valence-corrected chi connectivity index (χ4v) is 2.25. The zero-order valence-corrected chi connectivity index (χ0v) is 7.72. The summed E-state index contributed by atoms with van der Waals surface area (Å²) in [4.78, 5) is 0. The van der Waals surface area contributed by atoms with E-state index in [0.717, 1.165) is 12.8 Å². The van der Waals surface area contributed by atoms with Crippen LogP contribution in [0.1, 0.15) is 25.7 Å². The Morgan fingerprint density at radius 3 is 2.54 bits per heavy atom. The first-order valence-electron chi connectivity index (χ1n) is 4.85. The predicted molar refractivity (Wildman–Crippen MR) is 46.0 cm³/mol. The van der Waals surface area contributed by atoms with Crippen molar-refractivity contribution in [2.75, 3.05) is 19.8 Å². The second-order valence-corrected chi connectivity index (χ2v) is 3.99. The predicted octanol–water partition coefficient (Wildman–Crippen LogP) is 0.970. The molecule has 0 bridgehead atoms. The lowest BCUT2D eigenvalue weighted by Crippen LogP contribution is -2.47. The van der Waals surface area contributed by atoms with Crippen molar-refractivity contribution in [1.82, 2.24) is 0 Å². The van der Waals surface area contributed by atoms with E-state index in [-0.39, 0.29) is 6.54 Å². The highest BCUT2D eigenvalue weighted by atomic mass is 19.1. The van der Waals surface area contributed by atoms with E-state index in [9.17, 15) is 4.39 Å². The van der Waals surface area contributed by atoms with Gasteiger partial charge in [-0.2, -0.15) is 0 Å². The van der Waals surface area contributed by atoms with Crippen LogP contribution in [0.2, 0.25) is 0 Å². The summed E-state index contributed by atoms with van der Waals surface area (Å²) in [6.07, 6.45) is 2.45. The lowest BCUT2D eigenvalue weighted by atomic mass is 9.82. The van der Waals surface area contributed by atoms with Gasteiger partial charge in [0.1, 0.15) is 5.67 Å². The molecule has 13 heavy (non-hydrogen) atoms. The molecule has 1 spiro atoms. The molecule has 0 aromatic heterocycles. The monoisotopic (exact) mass is 189 g/mol. The average Bonchev–Trinajstić information content (AvgIpc) is 2.53. The third-order valence-electron chi connectivity index (χ3n) is 2.95. The fraction of sp³-hybridized carbons (Fsp3) is 1.00. The van der Waals surface area contributed by atoms with Crippen LogP contribution in [-0.2, 0) is 9.47 Å². The van der Waals surface area contributed by atoms with Crippen LogP contribution in [0, 0.1) is 0 Å². The Labute approximate surface area is 77.4 Å². The normalized spacial score (nSPS) is 38.3. The molecule has 1 heterocycles. The van der Waals surface area contributed by atoms with Crippen molar-refractivity contribution in [1.29, 1.82) is 0 Å². The summed E-state index contributed by atoms with van der Waals surface area (Å²) in [5.41, 5.74) is 4.13. The van der Waals surface area contributed by atoms with E-state index in [1.54, 1.807) is 0 Å². The zero-order valence-electron chi connectivity index (χ0n) is 7.72. The topological polar surface area (TPSA) is 44.5 Å². The van der Waals surface area contributed by atoms with Crippen molar-refractivity contribution in [2.45, 2.75) is 37.1 Å². The summed E-state index contributed by atoms with van der Waals surface area (Å²) in [5, 5.41) is 0. The highest BCUT2D eigenvalue weighted by Gasteiger charge is 2.48. The summed E-state index contributed by atoms with van der Waals surface area (Å²) in [6.45, 7) is 1.24. The fourth-order valence-electron chi connectivity index (χ4n) is 2.25. The van der Waals surface area contributed by atoms with Gasteiger partial charge in [-0.25, -0.2) is 4.39 Å². The maximum absolute atomic E-state index is 13.9. The van der Waals surface area contributed by atoms with Crippen LogP contribution in [0.25, 0.3) is 0 Å². The smallest absolute Gasteiger partial charge is 0.171 e. The maximum atomic E-state index is 13.9. The van der Waals surface area contributed by atoms with Crippen molar-refractivity contribution in [3.63, 3.8) is 0 Å². The first-order valence-corrected chi connectivity index (χ1v) is 4.85. The van der Waals surface area contributed by atoms with Gasteiger partial charge in [-0.3, -0.25) is 0 Å². The molecule has 2 rings (SSSR count). The zero-order chi connectivity index (χ0) is 9.36. The number of hydrogen-bond acceptors (Lipinski definition) is 3. The van der Waals surface area contributed by atoms with Crippen molar-refractivity contribution in [2.24, 2.45) is 5.73 Å². The molecule has 0 radical (unpaired) electrons. The van der Waals surface area contributed by atoms with Gasteiger partial charge in [0.05, 0.1) is 13.2 Å². The molecule has 3 nitrogen and oxygen atoms in total. The van der Waals surface area contributed by atoms with Crippen molar-refractivity contribution >= 4 is 0 Å². The van der Waals surface area contributed by atoms with E-state index in [0.29, 0.717) is 26.1 Å². The molecule has 1 saturated carbocycles. The number of rotatable bonds is 1. The molecule has 2 N–H and O–H groups in total. The molecule has 1 aliphatic heterocycles. The van der Waals surface area contributed by atoms with Gasteiger partial charge in [-0.05, 0) is 12.8 Å². The Kier molecular flexibility index (Phi) is 2.30. The molecule has 0 aromatic carbocycles. The molecule has 1 atom stereocenters. The van der Waals surface area contributed by atoms with E-state index in [1.807, 2.05) is 0 Å². The largest absolute Gasteiger partial charge is 0.347 e. The van der Waals surface area contributed by atoms with E-state index in [1.165, 1.54) is 0 Å². The SMILES string of the molecule is NCC1(F)CCCC2(C1)OCCO2. The maximum Gasteiger partial charge on any atom is 0.171 e. The van der Waals surface area contributed by atoms with Crippen LogP contribution in [0.5, 0.6) is 0 Å². The summed E-state index contributed by atoms with van der Waals surface area (Å²) in [7, 11) is 0. The summed E-state index contributed by atoms with van der Waals surface area (Å²) < 4.78 is 24.8. The molecular weight excluding hydrogens is 173 g/mol. The highest BCUT2D eigenvalue weighted by molar-refractivity contribution is 4.94. The van der Waals surface area contributed by atoms with Gasteiger partial charge >= 0.3 is 0 Å². The van der Waals surface area contributed by atoms with E-state index in [4.69, 9.17) is 15.2 Å². The number of halogens is 1. The third-order valence-corrected chi connectivity index (χ3v) is 2.95. The molecule has 4 heteroatoms. The molecule has 1 unspecified atom stereocenters. The van der Waals surface area contributed by atoms with Crippen LogP contribution in [0.3, 0.4) is 0 Å². The Balaban J connectivity index is 2.06. The molecule has 2 fully saturated rings. The molecule has 2 aliphatic rings. The summed E-state index contributed by atoms with van der Waals surface area (Å²) in [5.74, 6) is -0.646. The molecule has 1 saturated heterocycles. The van der Waals surface area contributed by atoms with Crippen LogP contribution < -0.4 is 5.73 Å². The van der Waals surface area contributed by atoms with E-state index < -0.39 is 11.5 Å². The van der Waals surface area contributed by atoms with Gasteiger partial charge in [0, 0.05) is 19.4 Å². The number of alkyl halides is 1. The van der Waals surface area contributed by atoms with Gasteiger partial charge in [0.2, 0.25) is 0 Å². The van der Waals surface area contributed by atoms with Gasteiger partial charge in [0.15, 0.2) is 5.79 Å². The van der Waals surface area contributed by atoms with Crippen LogP contribution in [0.15, 0.2) is 0 Å². The van der Waals surface area contributed by atoms with Crippen molar-refractivity contribution in [3.8, 4) is 0 Å². The number of ether oxygens (including phenoxy) is 2.